The number of anilines is 2. The van der Waals surface area contributed by atoms with Crippen LogP contribution in [0.1, 0.15) is 18.1 Å². The molecule has 0 aliphatic carbocycles. The Morgan fingerprint density at radius 3 is 2.06 bits per heavy atom. The standard InChI is InChI=1S/C24H24ClN5O3/c1-15(29-30-23(32)22(26)14-16-2-12-21(31)13-3-16)17-4-8-19(9-5-17)27-24(33)28-20-10-6-18(25)7-11-20/h2-13,22,31H,14,26H2,1H3,(H,30,32)(H2,27,28,33). The molecule has 0 heterocycles. The van der Waals surface area contributed by atoms with E-state index in [0.29, 0.717) is 28.5 Å². The lowest BCUT2D eigenvalue weighted by molar-refractivity contribution is -0.122. The molecule has 6 N–H and O–H groups in total. The highest BCUT2D eigenvalue weighted by Crippen LogP contribution is 2.15. The van der Waals surface area contributed by atoms with Crippen molar-refractivity contribution in [3.05, 3.63) is 88.9 Å². The average Bonchev–Trinajstić information content (AvgIpc) is 2.80. The molecule has 33 heavy (non-hydrogen) atoms. The maximum absolute atomic E-state index is 12.2. The van der Waals surface area contributed by atoms with Gasteiger partial charge in [0, 0.05) is 16.4 Å². The van der Waals surface area contributed by atoms with Crippen molar-refractivity contribution in [3.63, 3.8) is 0 Å². The number of hydrazone groups is 1. The van der Waals surface area contributed by atoms with E-state index in [1.165, 1.54) is 0 Å². The summed E-state index contributed by atoms with van der Waals surface area (Å²) in [5.41, 5.74) is 11.8. The van der Waals surface area contributed by atoms with Crippen LogP contribution in [0.15, 0.2) is 77.9 Å². The predicted molar refractivity (Wildman–Crippen MR) is 131 cm³/mol. The third-order valence-electron chi connectivity index (χ3n) is 4.73. The van der Waals surface area contributed by atoms with Crippen LogP contribution in [0.25, 0.3) is 0 Å². The van der Waals surface area contributed by atoms with Gasteiger partial charge < -0.3 is 21.5 Å². The molecule has 0 aliphatic rings. The van der Waals surface area contributed by atoms with Crippen molar-refractivity contribution in [2.45, 2.75) is 19.4 Å². The number of phenolic OH excluding ortho intramolecular Hbond substituents is 1. The highest BCUT2D eigenvalue weighted by atomic mass is 35.5. The topological polar surface area (TPSA) is 129 Å². The zero-order valence-corrected chi connectivity index (χ0v) is 18.6. The van der Waals surface area contributed by atoms with Crippen molar-refractivity contribution >= 4 is 40.6 Å². The number of aromatic hydroxyl groups is 1. The summed E-state index contributed by atoms with van der Waals surface area (Å²) in [5.74, 6) is -0.264. The lowest BCUT2D eigenvalue weighted by Crippen LogP contribution is -2.40. The lowest BCUT2D eigenvalue weighted by Gasteiger charge is -2.11. The molecule has 0 saturated heterocycles. The fourth-order valence-corrected chi connectivity index (χ4v) is 3.01. The Bertz CT molecular complexity index is 1130. The third-order valence-corrected chi connectivity index (χ3v) is 4.98. The Balaban J connectivity index is 1.51. The largest absolute Gasteiger partial charge is 0.508 e. The number of hydrogen-bond donors (Lipinski definition) is 5. The highest BCUT2D eigenvalue weighted by molar-refractivity contribution is 6.30. The molecule has 3 aromatic carbocycles. The van der Waals surface area contributed by atoms with E-state index in [4.69, 9.17) is 17.3 Å². The van der Waals surface area contributed by atoms with E-state index < -0.39 is 11.9 Å². The van der Waals surface area contributed by atoms with Crippen LogP contribution in [-0.4, -0.2) is 28.8 Å². The van der Waals surface area contributed by atoms with E-state index in [2.05, 4.69) is 21.2 Å². The van der Waals surface area contributed by atoms with Gasteiger partial charge in [0.2, 0.25) is 0 Å². The fourth-order valence-electron chi connectivity index (χ4n) is 2.89. The van der Waals surface area contributed by atoms with E-state index in [1.54, 1.807) is 79.7 Å². The molecule has 0 aromatic heterocycles. The quantitative estimate of drug-likeness (QED) is 0.265. The number of halogens is 1. The Morgan fingerprint density at radius 2 is 1.48 bits per heavy atom. The van der Waals surface area contributed by atoms with Gasteiger partial charge in [-0.1, -0.05) is 35.9 Å². The number of urea groups is 1. The average molecular weight is 466 g/mol. The smallest absolute Gasteiger partial charge is 0.323 e. The molecule has 0 radical (unpaired) electrons. The van der Waals surface area contributed by atoms with Crippen molar-refractivity contribution in [1.29, 1.82) is 0 Å². The van der Waals surface area contributed by atoms with Gasteiger partial charge in [-0.2, -0.15) is 5.10 Å². The summed E-state index contributed by atoms with van der Waals surface area (Å²) in [7, 11) is 0. The van der Waals surface area contributed by atoms with Crippen molar-refractivity contribution in [2.75, 3.05) is 10.6 Å². The zero-order valence-electron chi connectivity index (χ0n) is 17.9. The maximum Gasteiger partial charge on any atom is 0.323 e. The molecular formula is C24H24ClN5O3. The second-order valence-corrected chi connectivity index (χ2v) is 7.75. The summed E-state index contributed by atoms with van der Waals surface area (Å²) in [6, 6.07) is 19.1. The summed E-state index contributed by atoms with van der Waals surface area (Å²) in [4.78, 5) is 24.4. The first-order valence-corrected chi connectivity index (χ1v) is 10.5. The number of nitrogens with zero attached hydrogens (tertiary/aromatic N) is 1. The van der Waals surface area contributed by atoms with Gasteiger partial charge in [-0.3, -0.25) is 4.79 Å². The van der Waals surface area contributed by atoms with E-state index in [9.17, 15) is 14.7 Å². The van der Waals surface area contributed by atoms with Crippen LogP contribution in [-0.2, 0) is 11.2 Å². The lowest BCUT2D eigenvalue weighted by atomic mass is 10.1. The number of rotatable bonds is 7. The molecule has 0 fully saturated rings. The monoisotopic (exact) mass is 465 g/mol. The minimum absolute atomic E-state index is 0.153. The van der Waals surface area contributed by atoms with E-state index in [1.807, 2.05) is 0 Å². The van der Waals surface area contributed by atoms with Crippen LogP contribution < -0.4 is 21.8 Å². The molecule has 8 nitrogen and oxygen atoms in total. The Morgan fingerprint density at radius 1 is 0.939 bits per heavy atom. The molecule has 3 aromatic rings. The second-order valence-electron chi connectivity index (χ2n) is 7.31. The van der Waals surface area contributed by atoms with Crippen molar-refractivity contribution in [2.24, 2.45) is 10.8 Å². The highest BCUT2D eigenvalue weighted by Gasteiger charge is 2.14. The van der Waals surface area contributed by atoms with Crippen LogP contribution in [0.5, 0.6) is 5.75 Å². The van der Waals surface area contributed by atoms with Gasteiger partial charge in [-0.15, -0.1) is 0 Å². The molecule has 0 spiro atoms. The maximum atomic E-state index is 12.2. The van der Waals surface area contributed by atoms with Crippen molar-refractivity contribution in [1.82, 2.24) is 5.43 Å². The molecule has 1 atom stereocenters. The number of benzene rings is 3. The second kappa shape index (κ2) is 11.1. The molecule has 170 valence electrons. The van der Waals surface area contributed by atoms with Gasteiger partial charge in [-0.25, -0.2) is 10.2 Å². The summed E-state index contributed by atoms with van der Waals surface area (Å²) >= 11 is 5.84. The summed E-state index contributed by atoms with van der Waals surface area (Å²) < 4.78 is 0. The summed E-state index contributed by atoms with van der Waals surface area (Å²) in [6.07, 6.45) is 0.319. The van der Waals surface area contributed by atoms with Crippen molar-refractivity contribution < 1.29 is 14.7 Å². The fraction of sp³-hybridized carbons (Fsp3) is 0.125. The molecule has 0 aliphatic heterocycles. The summed E-state index contributed by atoms with van der Waals surface area (Å²) in [6.45, 7) is 1.75. The number of carbonyl (C=O) groups excluding carboxylic acids is 2. The number of hydrogen-bond acceptors (Lipinski definition) is 5. The van der Waals surface area contributed by atoms with Crippen LogP contribution >= 0.6 is 11.6 Å². The van der Waals surface area contributed by atoms with Gasteiger partial charge in [0.05, 0.1) is 11.8 Å². The Kier molecular flexibility index (Phi) is 8.01. The molecule has 0 bridgehead atoms. The summed E-state index contributed by atoms with van der Waals surface area (Å²) in [5, 5.41) is 19.5. The predicted octanol–water partition coefficient (Wildman–Crippen LogP) is 4.10. The molecule has 3 rings (SSSR count). The van der Waals surface area contributed by atoms with Crippen molar-refractivity contribution in [3.8, 4) is 5.75 Å². The van der Waals surface area contributed by atoms with Gasteiger partial charge in [0.25, 0.3) is 5.91 Å². The first-order valence-electron chi connectivity index (χ1n) is 10.1. The SMILES string of the molecule is CC(=NNC(=O)C(N)Cc1ccc(O)cc1)c1ccc(NC(=O)Nc2ccc(Cl)cc2)cc1. The van der Waals surface area contributed by atoms with Gasteiger partial charge >= 0.3 is 6.03 Å². The van der Waals surface area contributed by atoms with Gasteiger partial charge in [0.1, 0.15) is 5.75 Å². The van der Waals surface area contributed by atoms with Crippen LogP contribution in [0.2, 0.25) is 5.02 Å². The first kappa shape index (κ1) is 23.8. The Hall–Kier alpha value is -3.88. The molecule has 0 saturated carbocycles. The molecule has 9 heteroatoms. The van der Waals surface area contributed by atoms with Gasteiger partial charge in [0.15, 0.2) is 0 Å². The van der Waals surface area contributed by atoms with Crippen LogP contribution in [0, 0.1) is 0 Å². The number of carbonyl (C=O) groups is 2. The number of amides is 3. The number of nitrogens with one attached hydrogen (secondary N) is 3. The molecule has 3 amide bonds. The first-order chi connectivity index (χ1) is 15.8. The van der Waals surface area contributed by atoms with E-state index in [0.717, 1.165) is 11.1 Å². The number of nitrogens with two attached hydrogens (primary N) is 1. The third kappa shape index (κ3) is 7.34. The van der Waals surface area contributed by atoms with Crippen LogP contribution in [0.3, 0.4) is 0 Å². The minimum Gasteiger partial charge on any atom is -0.508 e. The molecule has 1 unspecified atom stereocenters. The molecular weight excluding hydrogens is 442 g/mol. The number of phenols is 1. The van der Waals surface area contributed by atoms with Crippen LogP contribution in [0.4, 0.5) is 16.2 Å². The van der Waals surface area contributed by atoms with E-state index in [-0.39, 0.29) is 11.8 Å². The normalized spacial score (nSPS) is 12.0. The zero-order chi connectivity index (χ0) is 23.8. The van der Waals surface area contributed by atoms with Gasteiger partial charge in [-0.05, 0) is 73.0 Å². The Labute approximate surface area is 196 Å². The van der Waals surface area contributed by atoms with E-state index >= 15 is 0 Å². The minimum atomic E-state index is -0.781.